The van der Waals surface area contributed by atoms with Crippen molar-refractivity contribution in [3.63, 3.8) is 0 Å². The minimum absolute atomic E-state index is 0.169. The smallest absolute Gasteiger partial charge is 0.329 e. The second-order valence-corrected chi connectivity index (χ2v) is 13.3. The van der Waals surface area contributed by atoms with Gasteiger partial charge in [-0.1, -0.05) is 54.4 Å². The number of para-hydroxylation sites is 2. The Morgan fingerprint density at radius 1 is 0.571 bits per heavy atom. The maximum absolute atomic E-state index is 13.1. The van der Waals surface area contributed by atoms with Gasteiger partial charge < -0.3 is 24.8 Å². The minimum Gasteiger partial charge on any atom is -0.496 e. The number of aromatic nitrogens is 4. The summed E-state index contributed by atoms with van der Waals surface area (Å²) in [5.74, 6) is 1.12. The van der Waals surface area contributed by atoms with Gasteiger partial charge in [-0.15, -0.1) is 4.37 Å². The molecule has 288 valence electrons. The van der Waals surface area contributed by atoms with Gasteiger partial charge in [0.05, 0.1) is 43.8 Å². The van der Waals surface area contributed by atoms with Crippen LogP contribution in [-0.2, 0) is 6.42 Å². The van der Waals surface area contributed by atoms with Gasteiger partial charge in [-0.25, -0.2) is 14.6 Å². The molecule has 6 rings (SSSR count). The number of ether oxygens (including phenoxy) is 3. The number of anilines is 4. The fourth-order valence-corrected chi connectivity index (χ4v) is 6.34. The van der Waals surface area contributed by atoms with Crippen LogP contribution in [-0.4, -0.2) is 63.7 Å². The van der Waals surface area contributed by atoms with E-state index in [9.17, 15) is 19.2 Å². The van der Waals surface area contributed by atoms with Crippen molar-refractivity contribution in [1.82, 2.24) is 18.7 Å². The van der Waals surface area contributed by atoms with Crippen LogP contribution in [0.25, 0.3) is 0 Å². The molecule has 56 heavy (non-hydrogen) atoms. The molecule has 0 saturated heterocycles. The Balaban J connectivity index is 0.000000214. The first-order valence-electron chi connectivity index (χ1n) is 17.0. The number of ketones is 2. The minimum atomic E-state index is -0.545. The van der Waals surface area contributed by atoms with Crippen molar-refractivity contribution < 1.29 is 33.4 Å². The number of hydrogen-bond donors (Lipinski definition) is 4. The molecule has 0 bridgehead atoms. The summed E-state index contributed by atoms with van der Waals surface area (Å²) in [6.45, 7) is 5.70. The molecule has 0 unspecified atom stereocenters. The predicted molar refractivity (Wildman–Crippen MR) is 216 cm³/mol. The van der Waals surface area contributed by atoms with E-state index in [-0.39, 0.29) is 22.7 Å². The van der Waals surface area contributed by atoms with Crippen molar-refractivity contribution in [1.29, 1.82) is 0 Å². The SMILES string of the molecule is CCc1nsc(NC(=O)Nc2ccc(C)cc2C(=O)c2ccccc2OC)n1.COc1nsc(NC(=O)Nc2ccc(C)cc2C(=O)c2ccccc2OC)n1. The summed E-state index contributed by atoms with van der Waals surface area (Å²) in [5, 5.41) is 11.3. The second-order valence-electron chi connectivity index (χ2n) is 11.8. The van der Waals surface area contributed by atoms with Crippen LogP contribution in [0.3, 0.4) is 0 Å². The van der Waals surface area contributed by atoms with Crippen LogP contribution in [0.5, 0.6) is 17.5 Å². The summed E-state index contributed by atoms with van der Waals surface area (Å²) in [6, 6.07) is 23.5. The lowest BCUT2D eigenvalue weighted by Crippen LogP contribution is -2.21. The Morgan fingerprint density at radius 2 is 1.04 bits per heavy atom. The number of amides is 4. The van der Waals surface area contributed by atoms with Crippen LogP contribution in [0.15, 0.2) is 84.9 Å². The summed E-state index contributed by atoms with van der Waals surface area (Å²) in [5.41, 5.74) is 4.14. The van der Waals surface area contributed by atoms with Crippen LogP contribution >= 0.6 is 23.1 Å². The second kappa shape index (κ2) is 19.0. The monoisotopic (exact) mass is 794 g/mol. The van der Waals surface area contributed by atoms with Crippen molar-refractivity contribution in [2.24, 2.45) is 0 Å². The van der Waals surface area contributed by atoms with Gasteiger partial charge in [-0.05, 0) is 62.4 Å². The lowest BCUT2D eigenvalue weighted by Gasteiger charge is -2.13. The standard InChI is InChI=1S/C20H20N4O3S.C19H18N4O4S/c1-4-17-22-20(28-24-17)23-19(26)21-15-10-9-12(2)11-14(15)18(25)13-7-5-6-8-16(13)27-3;1-11-8-9-14(20-17(25)21-19-22-18(27-3)23-28-19)13(10-11)16(24)12-6-4-5-7-15(12)26-2/h5-11H,4H2,1-3H3,(H2,21,22,23,24,26);4-10H,1-3H3,(H2,20,21,22,23,25). The zero-order chi connectivity index (χ0) is 40.2. The molecule has 0 aliphatic rings. The fraction of sp³-hybridized carbons (Fsp3) is 0.179. The molecule has 0 saturated carbocycles. The maximum atomic E-state index is 13.1. The van der Waals surface area contributed by atoms with E-state index in [4.69, 9.17) is 14.2 Å². The van der Waals surface area contributed by atoms with Crippen molar-refractivity contribution >= 4 is 68.3 Å². The summed E-state index contributed by atoms with van der Waals surface area (Å²) < 4.78 is 23.5. The average molecular weight is 795 g/mol. The Hall–Kier alpha value is -6.72. The highest BCUT2D eigenvalue weighted by Gasteiger charge is 2.21. The number of urea groups is 2. The van der Waals surface area contributed by atoms with E-state index in [1.54, 1.807) is 72.8 Å². The van der Waals surface area contributed by atoms with E-state index >= 15 is 0 Å². The van der Waals surface area contributed by atoms with Crippen molar-refractivity contribution in [2.45, 2.75) is 27.2 Å². The van der Waals surface area contributed by atoms with E-state index in [1.807, 2.05) is 32.9 Å². The molecule has 2 heterocycles. The quantitative estimate of drug-likeness (QED) is 0.0876. The molecule has 0 fully saturated rings. The molecule has 0 atom stereocenters. The largest absolute Gasteiger partial charge is 0.496 e. The third-order valence-corrected chi connectivity index (χ3v) is 9.14. The number of carbonyl (C=O) groups is 4. The topological polar surface area (TPSA) is 196 Å². The molecule has 0 spiro atoms. The van der Waals surface area contributed by atoms with E-state index in [0.717, 1.165) is 34.2 Å². The molecule has 2 aromatic heterocycles. The fourth-order valence-electron chi connectivity index (χ4n) is 5.16. The third-order valence-electron chi connectivity index (χ3n) is 7.85. The van der Waals surface area contributed by atoms with Crippen molar-refractivity contribution in [2.75, 3.05) is 42.6 Å². The first kappa shape index (κ1) is 40.5. The molecular weight excluding hydrogens is 757 g/mol. The van der Waals surface area contributed by atoms with Gasteiger partial charge in [-0.3, -0.25) is 20.2 Å². The van der Waals surface area contributed by atoms with Crippen LogP contribution in [0.2, 0.25) is 0 Å². The predicted octanol–water partition coefficient (Wildman–Crippen LogP) is 8.03. The van der Waals surface area contributed by atoms with Crippen LogP contribution in [0.1, 0.15) is 55.7 Å². The highest BCUT2D eigenvalue weighted by atomic mass is 32.1. The normalized spacial score (nSPS) is 10.3. The number of hydrogen-bond acceptors (Lipinski definition) is 13. The lowest BCUT2D eigenvalue weighted by molar-refractivity contribution is 0.102. The van der Waals surface area contributed by atoms with Crippen molar-refractivity contribution in [3.05, 3.63) is 124 Å². The molecule has 15 nitrogen and oxygen atoms in total. The van der Waals surface area contributed by atoms with Gasteiger partial charge in [0, 0.05) is 40.6 Å². The van der Waals surface area contributed by atoms with Gasteiger partial charge in [0.2, 0.25) is 10.3 Å². The first-order valence-corrected chi connectivity index (χ1v) is 18.5. The van der Waals surface area contributed by atoms with E-state index in [0.29, 0.717) is 62.5 Å². The molecule has 4 N–H and O–H groups in total. The van der Waals surface area contributed by atoms with Gasteiger partial charge in [-0.2, -0.15) is 9.36 Å². The Bertz CT molecular complexity index is 2200. The van der Waals surface area contributed by atoms with Gasteiger partial charge in [0.1, 0.15) is 17.3 Å². The van der Waals surface area contributed by atoms with Crippen molar-refractivity contribution in [3.8, 4) is 17.5 Å². The molecular formula is C39H38N8O7S2. The van der Waals surface area contributed by atoms with Gasteiger partial charge in [0.15, 0.2) is 11.6 Å². The molecule has 4 amide bonds. The summed E-state index contributed by atoms with van der Waals surface area (Å²) in [7, 11) is 4.46. The Labute approximate surface area is 330 Å². The number of benzene rings is 4. The lowest BCUT2D eigenvalue weighted by atomic mass is 9.99. The van der Waals surface area contributed by atoms with Crippen LogP contribution in [0, 0.1) is 13.8 Å². The Morgan fingerprint density at radius 3 is 1.46 bits per heavy atom. The summed E-state index contributed by atoms with van der Waals surface area (Å²) in [6.07, 6.45) is 0.690. The van der Waals surface area contributed by atoms with Crippen LogP contribution < -0.4 is 35.5 Å². The zero-order valence-electron chi connectivity index (χ0n) is 31.3. The highest BCUT2D eigenvalue weighted by molar-refractivity contribution is 7.10. The number of methoxy groups -OCH3 is 3. The van der Waals surface area contributed by atoms with Gasteiger partial charge >= 0.3 is 18.1 Å². The molecule has 0 radical (unpaired) electrons. The summed E-state index contributed by atoms with van der Waals surface area (Å²) in [4.78, 5) is 59.1. The molecule has 0 aliphatic carbocycles. The number of rotatable bonds is 12. The van der Waals surface area contributed by atoms with Crippen LogP contribution in [0.4, 0.5) is 31.2 Å². The number of aryl methyl sites for hydroxylation is 3. The highest BCUT2D eigenvalue weighted by Crippen LogP contribution is 2.28. The van der Waals surface area contributed by atoms with E-state index in [1.165, 1.54) is 21.3 Å². The maximum Gasteiger partial charge on any atom is 0.329 e. The molecule has 0 aliphatic heterocycles. The summed E-state index contributed by atoms with van der Waals surface area (Å²) >= 11 is 2.10. The molecule has 4 aromatic carbocycles. The molecule has 6 aromatic rings. The number of carbonyl (C=O) groups excluding carboxylic acids is 4. The molecule has 17 heteroatoms. The average Bonchev–Trinajstić information content (AvgIpc) is 3.87. The van der Waals surface area contributed by atoms with Gasteiger partial charge in [0.25, 0.3) is 0 Å². The number of nitrogens with zero attached hydrogens (tertiary/aromatic N) is 4. The Kier molecular flexibility index (Phi) is 13.8. The number of nitrogens with one attached hydrogen (secondary N) is 4. The first-order chi connectivity index (χ1) is 27.0. The van der Waals surface area contributed by atoms with E-state index < -0.39 is 12.1 Å². The third kappa shape index (κ3) is 10.3. The zero-order valence-corrected chi connectivity index (χ0v) is 32.9. The van der Waals surface area contributed by atoms with E-state index in [2.05, 4.69) is 40.0 Å².